The average molecular weight is 262 g/mol. The molecule has 0 bridgehead atoms. The predicted molar refractivity (Wildman–Crippen MR) is 72.9 cm³/mol. The van der Waals surface area contributed by atoms with Gasteiger partial charge in [0.25, 0.3) is 0 Å². The maximum atomic E-state index is 13.3. The Kier molecular flexibility index (Phi) is 3.29. The molecule has 1 atom stereocenters. The largest absolute Gasteiger partial charge is 0.459 e. The van der Waals surface area contributed by atoms with Crippen molar-refractivity contribution in [2.24, 2.45) is 11.8 Å². The Hall–Kier alpha value is -1.39. The van der Waals surface area contributed by atoms with Crippen LogP contribution in [0.2, 0.25) is 0 Å². The van der Waals surface area contributed by atoms with Gasteiger partial charge in [-0.2, -0.15) is 0 Å². The molecular weight excluding hydrogens is 243 g/mol. The lowest BCUT2D eigenvalue weighted by atomic mass is 10.0. The Morgan fingerprint density at radius 2 is 2.26 bits per heavy atom. The molecule has 3 N–H and O–H groups in total. The van der Waals surface area contributed by atoms with Gasteiger partial charge >= 0.3 is 0 Å². The first-order chi connectivity index (χ1) is 9.19. The van der Waals surface area contributed by atoms with Crippen LogP contribution in [0.1, 0.15) is 43.0 Å². The molecule has 2 aromatic rings. The van der Waals surface area contributed by atoms with E-state index in [1.165, 1.54) is 31.4 Å². The molecule has 0 radical (unpaired) electrons. The van der Waals surface area contributed by atoms with E-state index in [1.807, 2.05) is 6.92 Å². The molecule has 3 nitrogen and oxygen atoms in total. The van der Waals surface area contributed by atoms with Crippen molar-refractivity contribution in [1.82, 2.24) is 5.43 Å². The Morgan fingerprint density at radius 1 is 1.47 bits per heavy atom. The van der Waals surface area contributed by atoms with E-state index in [4.69, 9.17) is 10.3 Å². The molecule has 102 valence electrons. The lowest BCUT2D eigenvalue weighted by Crippen LogP contribution is -2.28. The van der Waals surface area contributed by atoms with Crippen LogP contribution in [0.5, 0.6) is 0 Å². The second-order valence-corrected chi connectivity index (χ2v) is 5.47. The van der Waals surface area contributed by atoms with Gasteiger partial charge < -0.3 is 4.42 Å². The lowest BCUT2D eigenvalue weighted by molar-refractivity contribution is 0.399. The van der Waals surface area contributed by atoms with Crippen molar-refractivity contribution in [2.45, 2.75) is 38.6 Å². The zero-order valence-electron chi connectivity index (χ0n) is 11.1. The van der Waals surface area contributed by atoms with Gasteiger partial charge in [0.15, 0.2) is 0 Å². The van der Waals surface area contributed by atoms with E-state index in [2.05, 4.69) is 5.43 Å². The summed E-state index contributed by atoms with van der Waals surface area (Å²) in [5, 5.41) is 0.835. The first-order valence-electron chi connectivity index (χ1n) is 6.83. The summed E-state index contributed by atoms with van der Waals surface area (Å²) in [6.07, 6.45) is 4.80. The maximum absolute atomic E-state index is 13.3. The van der Waals surface area contributed by atoms with E-state index in [0.717, 1.165) is 34.6 Å². The average Bonchev–Trinajstić information content (AvgIpc) is 3.17. The van der Waals surface area contributed by atoms with E-state index in [-0.39, 0.29) is 11.9 Å². The number of aryl methyl sites for hydroxylation is 1. The highest BCUT2D eigenvalue weighted by Gasteiger charge is 2.25. The summed E-state index contributed by atoms with van der Waals surface area (Å²) in [5.41, 5.74) is 4.53. The van der Waals surface area contributed by atoms with Crippen LogP contribution >= 0.6 is 0 Å². The highest BCUT2D eigenvalue weighted by Crippen LogP contribution is 2.37. The van der Waals surface area contributed by atoms with Crippen molar-refractivity contribution in [3.8, 4) is 0 Å². The summed E-state index contributed by atoms with van der Waals surface area (Å²) in [4.78, 5) is 0. The van der Waals surface area contributed by atoms with E-state index < -0.39 is 0 Å². The number of furan rings is 1. The van der Waals surface area contributed by atoms with Crippen molar-refractivity contribution >= 4 is 11.0 Å². The lowest BCUT2D eigenvalue weighted by Gasteiger charge is -2.14. The van der Waals surface area contributed by atoms with Gasteiger partial charge in [0.1, 0.15) is 17.2 Å². The zero-order chi connectivity index (χ0) is 13.4. The number of nitrogens with one attached hydrogen (secondary N) is 1. The molecule has 1 saturated carbocycles. The molecular formula is C15H19FN2O. The van der Waals surface area contributed by atoms with Crippen LogP contribution < -0.4 is 11.3 Å². The van der Waals surface area contributed by atoms with Crippen LogP contribution in [0.4, 0.5) is 4.39 Å². The predicted octanol–water partition coefficient (Wildman–Crippen LogP) is 3.57. The molecule has 0 saturated heterocycles. The smallest absolute Gasteiger partial charge is 0.134 e. The molecule has 1 aliphatic rings. The molecule has 0 amide bonds. The first-order valence-corrected chi connectivity index (χ1v) is 6.83. The highest BCUT2D eigenvalue weighted by molar-refractivity contribution is 5.82. The summed E-state index contributed by atoms with van der Waals surface area (Å²) >= 11 is 0. The van der Waals surface area contributed by atoms with Gasteiger partial charge in [-0.25, -0.2) is 9.82 Å². The Balaban J connectivity index is 1.90. The summed E-state index contributed by atoms with van der Waals surface area (Å²) in [6.45, 7) is 1.96. The standard InChI is InChI=1S/C15H19FN2O/c1-9-12-8-11(16)5-7-14(12)19-15(9)13(18-17)6-4-10-2-3-10/h5,7-8,10,13,18H,2-4,6,17H2,1H3. The normalized spacial score (nSPS) is 17.0. The SMILES string of the molecule is Cc1c(C(CCC2CC2)NN)oc2ccc(F)cc12. The van der Waals surface area contributed by atoms with Gasteiger partial charge in [-0.05, 0) is 43.9 Å². The number of nitrogens with two attached hydrogens (primary N) is 1. The van der Waals surface area contributed by atoms with E-state index in [9.17, 15) is 4.39 Å². The Morgan fingerprint density at radius 3 is 2.95 bits per heavy atom. The molecule has 1 fully saturated rings. The van der Waals surface area contributed by atoms with E-state index >= 15 is 0 Å². The number of rotatable bonds is 5. The number of halogens is 1. The van der Waals surface area contributed by atoms with Crippen molar-refractivity contribution in [1.29, 1.82) is 0 Å². The van der Waals surface area contributed by atoms with Crippen molar-refractivity contribution in [2.75, 3.05) is 0 Å². The number of hydrogen-bond acceptors (Lipinski definition) is 3. The molecule has 1 unspecified atom stereocenters. The van der Waals surface area contributed by atoms with Crippen LogP contribution in [0.3, 0.4) is 0 Å². The third kappa shape index (κ3) is 2.51. The maximum Gasteiger partial charge on any atom is 0.134 e. The summed E-state index contributed by atoms with van der Waals surface area (Å²) in [7, 11) is 0. The van der Waals surface area contributed by atoms with Crippen LogP contribution in [0.25, 0.3) is 11.0 Å². The highest BCUT2D eigenvalue weighted by atomic mass is 19.1. The Bertz CT molecular complexity index is 589. The van der Waals surface area contributed by atoms with Crippen molar-refractivity contribution in [3.05, 3.63) is 35.3 Å². The quantitative estimate of drug-likeness (QED) is 0.639. The molecule has 3 rings (SSSR count). The molecule has 19 heavy (non-hydrogen) atoms. The number of fused-ring (bicyclic) bond motifs is 1. The van der Waals surface area contributed by atoms with Crippen molar-refractivity contribution < 1.29 is 8.81 Å². The minimum atomic E-state index is -0.238. The second-order valence-electron chi connectivity index (χ2n) is 5.47. The number of benzene rings is 1. The third-order valence-corrected chi connectivity index (χ3v) is 4.01. The monoisotopic (exact) mass is 262 g/mol. The van der Waals surface area contributed by atoms with E-state index in [1.54, 1.807) is 6.07 Å². The fourth-order valence-electron chi connectivity index (χ4n) is 2.64. The van der Waals surface area contributed by atoms with Crippen LogP contribution in [-0.4, -0.2) is 0 Å². The van der Waals surface area contributed by atoms with Crippen molar-refractivity contribution in [3.63, 3.8) is 0 Å². The first kappa shape index (κ1) is 12.6. The molecule has 0 spiro atoms. The molecule has 1 aromatic heterocycles. The van der Waals surface area contributed by atoms with Gasteiger partial charge in [0, 0.05) is 10.9 Å². The van der Waals surface area contributed by atoms with Gasteiger partial charge in [-0.15, -0.1) is 0 Å². The van der Waals surface area contributed by atoms with Gasteiger partial charge in [0.05, 0.1) is 6.04 Å². The van der Waals surface area contributed by atoms with E-state index in [0.29, 0.717) is 0 Å². The zero-order valence-corrected chi connectivity index (χ0v) is 11.1. The Labute approximate surface area is 111 Å². The topological polar surface area (TPSA) is 51.2 Å². The molecule has 4 heteroatoms. The minimum Gasteiger partial charge on any atom is -0.459 e. The van der Waals surface area contributed by atoms with Crippen LogP contribution in [0, 0.1) is 18.7 Å². The second kappa shape index (κ2) is 4.94. The van der Waals surface area contributed by atoms with Crippen LogP contribution in [-0.2, 0) is 0 Å². The molecule has 0 aliphatic heterocycles. The van der Waals surface area contributed by atoms with Gasteiger partial charge in [-0.1, -0.05) is 12.8 Å². The fraction of sp³-hybridized carbons (Fsp3) is 0.467. The summed E-state index contributed by atoms with van der Waals surface area (Å²) < 4.78 is 19.1. The summed E-state index contributed by atoms with van der Waals surface area (Å²) in [5.74, 6) is 7.11. The van der Waals surface area contributed by atoms with Gasteiger partial charge in [0.2, 0.25) is 0 Å². The molecule has 1 aliphatic carbocycles. The fourth-order valence-corrected chi connectivity index (χ4v) is 2.64. The third-order valence-electron chi connectivity index (χ3n) is 4.01. The summed E-state index contributed by atoms with van der Waals surface area (Å²) in [6, 6.07) is 4.63. The van der Waals surface area contributed by atoms with Gasteiger partial charge in [-0.3, -0.25) is 5.84 Å². The molecule has 1 heterocycles. The number of hydrazine groups is 1. The molecule has 1 aromatic carbocycles. The minimum absolute atomic E-state index is 0.0102. The number of hydrogen-bond donors (Lipinski definition) is 2. The van der Waals surface area contributed by atoms with Crippen LogP contribution in [0.15, 0.2) is 22.6 Å².